The molecule has 0 saturated carbocycles. The van der Waals surface area contributed by atoms with Gasteiger partial charge >= 0.3 is 0 Å². The Morgan fingerprint density at radius 2 is 1.58 bits per heavy atom. The Labute approximate surface area is 264 Å². The quantitative estimate of drug-likeness (QED) is 0.137. The van der Waals surface area contributed by atoms with Crippen molar-refractivity contribution in [1.29, 1.82) is 0 Å². The molecule has 45 heavy (non-hydrogen) atoms. The predicted octanol–water partition coefficient (Wildman–Crippen LogP) is 9.13. The van der Waals surface area contributed by atoms with Gasteiger partial charge in [-0.1, -0.05) is 41.5 Å². The number of nitro benzene ring substituents is 1. The molecule has 0 radical (unpaired) electrons. The van der Waals surface area contributed by atoms with Crippen molar-refractivity contribution in [3.8, 4) is 11.5 Å². The van der Waals surface area contributed by atoms with Crippen molar-refractivity contribution in [3.63, 3.8) is 0 Å². The van der Waals surface area contributed by atoms with E-state index < -0.39 is 4.92 Å². The third kappa shape index (κ3) is 6.54. The number of non-ortho nitro benzene ring substituents is 1. The molecule has 2 aliphatic heterocycles. The molecular formula is C34H42N6O5. The lowest BCUT2D eigenvalue weighted by molar-refractivity contribution is -0.384. The Morgan fingerprint density at radius 3 is 2.20 bits per heavy atom. The lowest BCUT2D eigenvalue weighted by atomic mass is 9.69. The van der Waals surface area contributed by atoms with Crippen molar-refractivity contribution in [2.45, 2.75) is 71.8 Å². The SMILES string of the molecule is COc1cc(N=Nc2ccc([N+](=O)[O-])cc2)c(CO)cc1N=Nc1cc2c3c(c1OCC(C)C)C(C)(C)CCN3CCC2(C)C. The van der Waals surface area contributed by atoms with Gasteiger partial charge in [-0.3, -0.25) is 10.1 Å². The van der Waals surface area contributed by atoms with Gasteiger partial charge in [0.1, 0.15) is 17.1 Å². The van der Waals surface area contributed by atoms with Crippen LogP contribution in [0.1, 0.15) is 71.1 Å². The molecule has 0 aromatic heterocycles. The summed E-state index contributed by atoms with van der Waals surface area (Å²) in [7, 11) is 1.53. The standard InChI is InChI=1S/C34H42N6O5/c1-21(2)20-45-32-28(17-25-31-30(32)34(5,6)13-15-39(31)14-12-33(25,3)4)38-37-27-16-22(19-41)26(18-29(27)44-7)36-35-23-8-10-24(11-9-23)40(42)43/h8-11,16-18,21,41H,12-15,19-20H2,1-7H3. The van der Waals surface area contributed by atoms with Gasteiger partial charge in [-0.25, -0.2) is 0 Å². The number of methoxy groups -OCH3 is 1. The molecular weight excluding hydrogens is 572 g/mol. The van der Waals surface area contributed by atoms with Gasteiger partial charge in [-0.15, -0.1) is 10.2 Å². The summed E-state index contributed by atoms with van der Waals surface area (Å²) in [5, 5.41) is 39.0. The second-order valence-corrected chi connectivity index (χ2v) is 13.4. The first kappa shape index (κ1) is 32.0. The average molecular weight is 615 g/mol. The minimum atomic E-state index is -0.474. The Kier molecular flexibility index (Phi) is 8.93. The van der Waals surface area contributed by atoms with Crippen molar-refractivity contribution in [1.82, 2.24) is 0 Å². The lowest BCUT2D eigenvalue weighted by Gasteiger charge is -2.48. The first-order valence-corrected chi connectivity index (χ1v) is 15.3. The van der Waals surface area contributed by atoms with Crippen molar-refractivity contribution in [2.75, 3.05) is 31.7 Å². The van der Waals surface area contributed by atoms with E-state index in [1.165, 1.54) is 48.2 Å². The highest BCUT2D eigenvalue weighted by molar-refractivity contribution is 5.78. The van der Waals surface area contributed by atoms with Crippen LogP contribution in [0.5, 0.6) is 11.5 Å². The van der Waals surface area contributed by atoms with Crippen LogP contribution < -0.4 is 14.4 Å². The normalized spacial score (nSPS) is 16.8. The molecule has 11 heteroatoms. The maximum atomic E-state index is 11.0. The van der Waals surface area contributed by atoms with E-state index in [2.05, 4.69) is 67.9 Å². The fraction of sp³-hybridized carbons (Fsp3) is 0.471. The molecule has 0 atom stereocenters. The molecule has 0 aliphatic carbocycles. The summed E-state index contributed by atoms with van der Waals surface area (Å²) in [4.78, 5) is 13.0. The number of nitro groups is 1. The topological polar surface area (TPSA) is 135 Å². The Bertz CT molecular complexity index is 1640. The van der Waals surface area contributed by atoms with Crippen molar-refractivity contribution < 1.29 is 19.5 Å². The molecule has 0 spiro atoms. The summed E-state index contributed by atoms with van der Waals surface area (Å²) in [5.74, 6) is 1.51. The van der Waals surface area contributed by atoms with Gasteiger partial charge in [0.15, 0.2) is 5.75 Å². The van der Waals surface area contributed by atoms with Crippen LogP contribution in [-0.2, 0) is 17.4 Å². The van der Waals surface area contributed by atoms with Crippen molar-refractivity contribution in [3.05, 3.63) is 69.3 Å². The Balaban J connectivity index is 1.58. The first-order valence-electron chi connectivity index (χ1n) is 15.3. The zero-order valence-corrected chi connectivity index (χ0v) is 27.1. The van der Waals surface area contributed by atoms with E-state index in [0.29, 0.717) is 46.6 Å². The van der Waals surface area contributed by atoms with Crippen LogP contribution in [0.2, 0.25) is 0 Å². The van der Waals surface area contributed by atoms with Crippen LogP contribution >= 0.6 is 0 Å². The number of aliphatic hydroxyl groups is 1. The molecule has 1 N–H and O–H groups in total. The first-order chi connectivity index (χ1) is 21.3. The highest BCUT2D eigenvalue weighted by Gasteiger charge is 2.43. The van der Waals surface area contributed by atoms with Gasteiger partial charge in [-0.05, 0) is 59.4 Å². The minimum absolute atomic E-state index is 0.0348. The average Bonchev–Trinajstić information content (AvgIpc) is 3.00. The monoisotopic (exact) mass is 614 g/mol. The van der Waals surface area contributed by atoms with E-state index in [0.717, 1.165) is 31.7 Å². The van der Waals surface area contributed by atoms with Crippen molar-refractivity contribution in [2.24, 2.45) is 26.4 Å². The smallest absolute Gasteiger partial charge is 0.269 e. The van der Waals surface area contributed by atoms with Gasteiger partial charge in [0, 0.05) is 48.1 Å². The molecule has 0 fully saturated rings. The number of azo groups is 2. The fourth-order valence-corrected chi connectivity index (χ4v) is 5.93. The molecule has 11 nitrogen and oxygen atoms in total. The molecule has 0 amide bonds. The minimum Gasteiger partial charge on any atom is -0.494 e. The summed E-state index contributed by atoms with van der Waals surface area (Å²) < 4.78 is 12.2. The lowest BCUT2D eigenvalue weighted by Crippen LogP contribution is -2.44. The summed E-state index contributed by atoms with van der Waals surface area (Å²) in [6.45, 7) is 15.7. The number of anilines is 1. The van der Waals surface area contributed by atoms with Gasteiger partial charge in [-0.2, -0.15) is 10.2 Å². The number of hydrogen-bond acceptors (Lipinski definition) is 10. The summed E-state index contributed by atoms with van der Waals surface area (Å²) in [5.41, 5.74) is 5.94. The van der Waals surface area contributed by atoms with E-state index in [1.807, 2.05) is 0 Å². The molecule has 2 aliphatic rings. The number of benzene rings is 3. The van der Waals surface area contributed by atoms with E-state index in [9.17, 15) is 15.2 Å². The third-order valence-corrected chi connectivity index (χ3v) is 8.68. The highest BCUT2D eigenvalue weighted by Crippen LogP contribution is 2.56. The van der Waals surface area contributed by atoms with E-state index in [-0.39, 0.29) is 23.1 Å². The third-order valence-electron chi connectivity index (χ3n) is 8.68. The number of aliphatic hydroxyl groups excluding tert-OH is 1. The number of nitrogens with zero attached hydrogens (tertiary/aromatic N) is 6. The maximum Gasteiger partial charge on any atom is 0.269 e. The van der Waals surface area contributed by atoms with Crippen LogP contribution in [-0.4, -0.2) is 36.8 Å². The van der Waals surface area contributed by atoms with Gasteiger partial charge in [0.2, 0.25) is 0 Å². The molecule has 5 rings (SSSR count). The van der Waals surface area contributed by atoms with Crippen LogP contribution in [0.15, 0.2) is 62.9 Å². The van der Waals surface area contributed by atoms with Crippen molar-refractivity contribution >= 4 is 34.1 Å². The second-order valence-electron chi connectivity index (χ2n) is 13.4. The maximum absolute atomic E-state index is 11.0. The molecule has 238 valence electrons. The van der Waals surface area contributed by atoms with Crippen LogP contribution in [0.3, 0.4) is 0 Å². The summed E-state index contributed by atoms with van der Waals surface area (Å²) >= 11 is 0. The summed E-state index contributed by atoms with van der Waals surface area (Å²) in [6, 6.07) is 11.2. The highest BCUT2D eigenvalue weighted by atomic mass is 16.6. The van der Waals surface area contributed by atoms with E-state index >= 15 is 0 Å². The van der Waals surface area contributed by atoms with Crippen LogP contribution in [0.25, 0.3) is 0 Å². The second kappa shape index (κ2) is 12.5. The Morgan fingerprint density at radius 1 is 0.933 bits per heavy atom. The fourth-order valence-electron chi connectivity index (χ4n) is 5.93. The zero-order chi connectivity index (χ0) is 32.5. The van der Waals surface area contributed by atoms with Gasteiger partial charge in [0.05, 0.1) is 36.6 Å². The molecule has 3 aromatic carbocycles. The number of rotatable bonds is 10. The van der Waals surface area contributed by atoms with E-state index in [4.69, 9.17) is 14.6 Å². The number of hydrogen-bond donors (Lipinski definition) is 1. The molecule has 0 bridgehead atoms. The van der Waals surface area contributed by atoms with Crippen LogP contribution in [0.4, 0.5) is 34.1 Å². The summed E-state index contributed by atoms with van der Waals surface area (Å²) in [6.07, 6.45) is 2.06. The Hall–Kier alpha value is -4.38. The molecule has 0 unspecified atom stereocenters. The molecule has 2 heterocycles. The number of ether oxygens (including phenoxy) is 2. The largest absolute Gasteiger partial charge is 0.494 e. The van der Waals surface area contributed by atoms with E-state index in [1.54, 1.807) is 12.1 Å². The molecule has 0 saturated heterocycles. The van der Waals surface area contributed by atoms with Gasteiger partial charge < -0.3 is 19.5 Å². The predicted molar refractivity (Wildman–Crippen MR) is 175 cm³/mol. The molecule has 3 aromatic rings. The zero-order valence-electron chi connectivity index (χ0n) is 27.1. The van der Waals surface area contributed by atoms with Gasteiger partial charge in [0.25, 0.3) is 5.69 Å². The van der Waals surface area contributed by atoms with Crippen LogP contribution in [0, 0.1) is 16.0 Å².